The molecule has 0 atom stereocenters. The van der Waals surface area contributed by atoms with Crippen molar-refractivity contribution in [3.63, 3.8) is 0 Å². The predicted octanol–water partition coefficient (Wildman–Crippen LogP) is 2.97. The summed E-state index contributed by atoms with van der Waals surface area (Å²) < 4.78 is 52.7. The molecule has 1 aromatic carbocycles. The largest absolute Gasteiger partial charge is 0.417 e. The number of rotatable bonds is 2. The van der Waals surface area contributed by atoms with Crippen LogP contribution in [0.3, 0.4) is 0 Å². The van der Waals surface area contributed by atoms with Crippen molar-refractivity contribution >= 4 is 21.7 Å². The highest BCUT2D eigenvalue weighted by molar-refractivity contribution is 9.10. The van der Waals surface area contributed by atoms with Crippen molar-refractivity contribution < 1.29 is 22.4 Å². The Morgan fingerprint density at radius 2 is 2.00 bits per heavy atom. The summed E-state index contributed by atoms with van der Waals surface area (Å²) in [7, 11) is 1.34. The SMILES string of the molecule is Cn1nnc(Br)c1C(=O)c1cc(F)ccc1C(F)(F)F. The Kier molecular flexibility index (Phi) is 3.63. The maximum atomic E-state index is 13.2. The zero-order chi connectivity index (χ0) is 15.1. The van der Waals surface area contributed by atoms with Gasteiger partial charge < -0.3 is 0 Å². The van der Waals surface area contributed by atoms with Crippen LogP contribution in [-0.4, -0.2) is 20.8 Å². The van der Waals surface area contributed by atoms with Crippen LogP contribution in [-0.2, 0) is 13.2 Å². The van der Waals surface area contributed by atoms with Crippen LogP contribution in [0.1, 0.15) is 21.6 Å². The standard InChI is InChI=1S/C11H6BrF4N3O/c1-19-8(10(12)17-18-19)9(20)6-4-5(13)2-3-7(6)11(14,15)16/h2-4H,1H3. The lowest BCUT2D eigenvalue weighted by Gasteiger charge is -2.12. The number of nitrogens with zero attached hydrogens (tertiary/aromatic N) is 3. The summed E-state index contributed by atoms with van der Waals surface area (Å²) in [5.74, 6) is -1.95. The molecular weight excluding hydrogens is 346 g/mol. The molecule has 0 N–H and O–H groups in total. The van der Waals surface area contributed by atoms with Crippen molar-refractivity contribution in [2.45, 2.75) is 6.18 Å². The Bertz CT molecular complexity index is 661. The number of hydrogen-bond acceptors (Lipinski definition) is 3. The van der Waals surface area contributed by atoms with E-state index in [4.69, 9.17) is 0 Å². The molecule has 1 heterocycles. The minimum atomic E-state index is -4.77. The van der Waals surface area contributed by atoms with Crippen molar-refractivity contribution in [3.05, 3.63) is 45.4 Å². The van der Waals surface area contributed by atoms with E-state index in [2.05, 4.69) is 26.2 Å². The van der Waals surface area contributed by atoms with Crippen LogP contribution in [0.15, 0.2) is 22.8 Å². The van der Waals surface area contributed by atoms with E-state index in [1.807, 2.05) is 0 Å². The van der Waals surface area contributed by atoms with Gasteiger partial charge in [-0.05, 0) is 34.1 Å². The molecule has 0 saturated heterocycles. The predicted molar refractivity (Wildman–Crippen MR) is 63.5 cm³/mol. The van der Waals surface area contributed by atoms with Crippen molar-refractivity contribution in [2.75, 3.05) is 0 Å². The number of carbonyl (C=O) groups is 1. The molecule has 0 radical (unpaired) electrons. The van der Waals surface area contributed by atoms with E-state index >= 15 is 0 Å². The number of aromatic nitrogens is 3. The first kappa shape index (κ1) is 14.6. The number of aryl methyl sites for hydroxylation is 1. The normalized spacial score (nSPS) is 11.7. The number of halogens is 5. The average Bonchev–Trinajstić information content (AvgIpc) is 2.66. The summed E-state index contributed by atoms with van der Waals surface area (Å²) in [4.78, 5) is 12.2. The number of ketones is 1. The lowest BCUT2D eigenvalue weighted by Crippen LogP contribution is -2.16. The molecule has 1 aromatic heterocycles. The minimum absolute atomic E-state index is 0.0117. The van der Waals surface area contributed by atoms with E-state index in [1.165, 1.54) is 7.05 Å². The third kappa shape index (κ3) is 2.58. The minimum Gasteiger partial charge on any atom is -0.287 e. The van der Waals surface area contributed by atoms with Crippen LogP contribution in [0.4, 0.5) is 17.6 Å². The fourth-order valence-electron chi connectivity index (χ4n) is 1.65. The van der Waals surface area contributed by atoms with Crippen molar-refractivity contribution in [1.29, 1.82) is 0 Å². The molecule has 0 spiro atoms. The fraction of sp³-hybridized carbons (Fsp3) is 0.182. The zero-order valence-corrected chi connectivity index (χ0v) is 11.5. The summed E-state index contributed by atoms with van der Waals surface area (Å²) in [5.41, 5.74) is -2.19. The van der Waals surface area contributed by atoms with Gasteiger partial charge in [0.25, 0.3) is 0 Å². The van der Waals surface area contributed by atoms with Crippen LogP contribution in [0, 0.1) is 5.82 Å². The lowest BCUT2D eigenvalue weighted by atomic mass is 10.0. The second-order valence-corrected chi connectivity index (χ2v) is 4.62. The fourth-order valence-corrected chi connectivity index (χ4v) is 2.16. The van der Waals surface area contributed by atoms with E-state index < -0.39 is 28.9 Å². The number of hydrogen-bond donors (Lipinski definition) is 0. The molecule has 4 nitrogen and oxygen atoms in total. The third-order valence-electron chi connectivity index (χ3n) is 2.53. The van der Waals surface area contributed by atoms with Gasteiger partial charge in [-0.1, -0.05) is 5.21 Å². The molecule has 0 saturated carbocycles. The van der Waals surface area contributed by atoms with Crippen LogP contribution < -0.4 is 0 Å². The van der Waals surface area contributed by atoms with Gasteiger partial charge in [0.15, 0.2) is 4.60 Å². The molecule has 0 fully saturated rings. The van der Waals surface area contributed by atoms with E-state index in [0.29, 0.717) is 18.2 Å². The van der Waals surface area contributed by atoms with Crippen LogP contribution >= 0.6 is 15.9 Å². The topological polar surface area (TPSA) is 47.8 Å². The molecule has 2 aromatic rings. The summed E-state index contributed by atoms with van der Waals surface area (Å²) in [6.07, 6.45) is -4.77. The zero-order valence-electron chi connectivity index (χ0n) is 9.87. The highest BCUT2D eigenvalue weighted by Gasteiger charge is 2.36. The van der Waals surface area contributed by atoms with Crippen molar-refractivity contribution in [2.24, 2.45) is 7.05 Å². The highest BCUT2D eigenvalue weighted by Crippen LogP contribution is 2.33. The lowest BCUT2D eigenvalue weighted by molar-refractivity contribution is -0.137. The second kappa shape index (κ2) is 4.97. The van der Waals surface area contributed by atoms with E-state index in [9.17, 15) is 22.4 Å². The Morgan fingerprint density at radius 1 is 1.35 bits per heavy atom. The van der Waals surface area contributed by atoms with E-state index in [1.54, 1.807) is 0 Å². The molecule has 2 rings (SSSR count). The van der Waals surface area contributed by atoms with E-state index in [0.717, 1.165) is 4.68 Å². The van der Waals surface area contributed by atoms with Gasteiger partial charge >= 0.3 is 6.18 Å². The summed E-state index contributed by atoms with van der Waals surface area (Å²) in [5, 5.41) is 7.01. The average molecular weight is 352 g/mol. The second-order valence-electron chi connectivity index (χ2n) is 3.87. The maximum absolute atomic E-state index is 13.2. The van der Waals surface area contributed by atoms with Gasteiger partial charge in [0.2, 0.25) is 5.78 Å². The maximum Gasteiger partial charge on any atom is 0.417 e. The third-order valence-corrected chi connectivity index (χ3v) is 3.07. The first-order chi connectivity index (χ1) is 9.21. The molecular formula is C11H6BrF4N3O. The molecule has 0 unspecified atom stereocenters. The Balaban J connectivity index is 2.63. The Hall–Kier alpha value is -1.77. The first-order valence-electron chi connectivity index (χ1n) is 5.18. The first-order valence-corrected chi connectivity index (χ1v) is 5.97. The van der Waals surface area contributed by atoms with Gasteiger partial charge in [-0.25, -0.2) is 9.07 Å². The van der Waals surface area contributed by atoms with Crippen molar-refractivity contribution in [1.82, 2.24) is 15.0 Å². The molecule has 20 heavy (non-hydrogen) atoms. The molecule has 9 heteroatoms. The van der Waals surface area contributed by atoms with Gasteiger partial charge in [-0.3, -0.25) is 4.79 Å². The van der Waals surface area contributed by atoms with Gasteiger partial charge in [0.1, 0.15) is 11.5 Å². The highest BCUT2D eigenvalue weighted by atomic mass is 79.9. The molecule has 0 bridgehead atoms. The van der Waals surface area contributed by atoms with Crippen LogP contribution in [0.2, 0.25) is 0 Å². The summed E-state index contributed by atoms with van der Waals surface area (Å²) in [6.45, 7) is 0. The number of benzene rings is 1. The smallest absolute Gasteiger partial charge is 0.287 e. The van der Waals surface area contributed by atoms with Gasteiger partial charge in [0, 0.05) is 12.6 Å². The molecule has 106 valence electrons. The van der Waals surface area contributed by atoms with Gasteiger partial charge in [-0.15, -0.1) is 5.10 Å². The van der Waals surface area contributed by atoms with Crippen LogP contribution in [0.5, 0.6) is 0 Å². The molecule has 0 aliphatic rings. The summed E-state index contributed by atoms with van der Waals surface area (Å²) >= 11 is 2.92. The number of alkyl halides is 3. The molecule has 0 aliphatic heterocycles. The van der Waals surface area contributed by atoms with E-state index in [-0.39, 0.29) is 10.3 Å². The van der Waals surface area contributed by atoms with Crippen LogP contribution in [0.25, 0.3) is 0 Å². The Labute approximate surface area is 118 Å². The quantitative estimate of drug-likeness (QED) is 0.617. The van der Waals surface area contributed by atoms with Crippen molar-refractivity contribution in [3.8, 4) is 0 Å². The number of carbonyl (C=O) groups excluding carboxylic acids is 1. The molecule has 0 amide bonds. The monoisotopic (exact) mass is 351 g/mol. The molecule has 0 aliphatic carbocycles. The van der Waals surface area contributed by atoms with Gasteiger partial charge in [0.05, 0.1) is 5.56 Å². The Morgan fingerprint density at radius 3 is 2.50 bits per heavy atom. The summed E-state index contributed by atoms with van der Waals surface area (Å²) in [6, 6.07) is 1.72. The van der Waals surface area contributed by atoms with Gasteiger partial charge in [-0.2, -0.15) is 13.2 Å².